The number of rotatable bonds is 7. The quantitative estimate of drug-likeness (QED) is 0.528. The largest absolute Gasteiger partial charge is 0.447 e. The SMILES string of the molecule is CS(=O)(=O)NCCNS(=O)(=O)c1ccc(CN)o1. The fourth-order valence-electron chi connectivity index (χ4n) is 1.11. The first-order chi connectivity index (χ1) is 8.24. The first-order valence-electron chi connectivity index (χ1n) is 4.98. The summed E-state index contributed by atoms with van der Waals surface area (Å²) in [5.74, 6) is 0.352. The van der Waals surface area contributed by atoms with Crippen LogP contribution in [0.25, 0.3) is 0 Å². The Hall–Kier alpha value is -0.940. The second-order valence-electron chi connectivity index (χ2n) is 3.49. The smallest absolute Gasteiger partial charge is 0.274 e. The van der Waals surface area contributed by atoms with E-state index in [9.17, 15) is 16.8 Å². The molecule has 8 nitrogen and oxygen atoms in total. The lowest BCUT2D eigenvalue weighted by Gasteiger charge is -2.04. The van der Waals surface area contributed by atoms with Crippen LogP contribution >= 0.6 is 0 Å². The molecule has 0 fully saturated rings. The molecule has 0 aliphatic heterocycles. The lowest BCUT2D eigenvalue weighted by molar-refractivity contribution is 0.413. The summed E-state index contributed by atoms with van der Waals surface area (Å²) in [4.78, 5) is 0. The molecule has 0 radical (unpaired) electrons. The molecule has 0 bridgehead atoms. The molecule has 1 aromatic rings. The lowest BCUT2D eigenvalue weighted by Crippen LogP contribution is -2.34. The molecule has 104 valence electrons. The monoisotopic (exact) mass is 297 g/mol. The molecule has 0 unspecified atom stereocenters. The molecule has 18 heavy (non-hydrogen) atoms. The van der Waals surface area contributed by atoms with Gasteiger partial charge in [0.2, 0.25) is 15.1 Å². The molecule has 0 aliphatic rings. The van der Waals surface area contributed by atoms with Crippen molar-refractivity contribution in [3.8, 4) is 0 Å². The summed E-state index contributed by atoms with van der Waals surface area (Å²) in [6.07, 6.45) is 0.988. The van der Waals surface area contributed by atoms with Crippen molar-refractivity contribution in [3.63, 3.8) is 0 Å². The summed E-state index contributed by atoms with van der Waals surface area (Å²) < 4.78 is 54.2. The zero-order chi connectivity index (χ0) is 13.8. The average Bonchev–Trinajstić information content (AvgIpc) is 2.72. The molecule has 0 atom stereocenters. The van der Waals surface area contributed by atoms with Crippen molar-refractivity contribution in [1.29, 1.82) is 0 Å². The van der Waals surface area contributed by atoms with Crippen LogP contribution < -0.4 is 15.2 Å². The first kappa shape index (κ1) is 15.1. The summed E-state index contributed by atoms with van der Waals surface area (Å²) in [6, 6.07) is 2.75. The molecule has 1 aromatic heterocycles. The third-order valence-electron chi connectivity index (χ3n) is 1.88. The van der Waals surface area contributed by atoms with Gasteiger partial charge in [-0.05, 0) is 12.1 Å². The Balaban J connectivity index is 2.55. The first-order valence-corrected chi connectivity index (χ1v) is 8.35. The standard InChI is InChI=1S/C8H15N3O5S2/c1-17(12,13)10-4-5-11-18(14,15)8-3-2-7(6-9)16-8/h2-3,10-11H,4-6,9H2,1H3. The Morgan fingerprint density at radius 1 is 1.17 bits per heavy atom. The van der Waals surface area contributed by atoms with E-state index in [1.54, 1.807) is 0 Å². The fraction of sp³-hybridized carbons (Fsp3) is 0.500. The summed E-state index contributed by atoms with van der Waals surface area (Å²) in [6.45, 7) is -0.0122. The van der Waals surface area contributed by atoms with Gasteiger partial charge in [0, 0.05) is 13.1 Å². The van der Waals surface area contributed by atoms with Crippen LogP contribution in [0.4, 0.5) is 0 Å². The van der Waals surface area contributed by atoms with Crippen LogP contribution in [0, 0.1) is 0 Å². The van der Waals surface area contributed by atoms with Crippen molar-refractivity contribution in [2.75, 3.05) is 19.3 Å². The number of sulfonamides is 2. The van der Waals surface area contributed by atoms with E-state index in [-0.39, 0.29) is 24.7 Å². The van der Waals surface area contributed by atoms with Gasteiger partial charge in [-0.1, -0.05) is 0 Å². The van der Waals surface area contributed by atoms with E-state index in [0.29, 0.717) is 5.76 Å². The molecular weight excluding hydrogens is 282 g/mol. The minimum Gasteiger partial charge on any atom is -0.447 e. The van der Waals surface area contributed by atoms with E-state index in [2.05, 4.69) is 9.44 Å². The topological polar surface area (TPSA) is 132 Å². The lowest BCUT2D eigenvalue weighted by atomic mass is 10.5. The molecule has 0 spiro atoms. The fourth-order valence-corrected chi connectivity index (χ4v) is 2.56. The van der Waals surface area contributed by atoms with Crippen LogP contribution in [0.2, 0.25) is 0 Å². The Kier molecular flexibility index (Phi) is 4.87. The number of furan rings is 1. The van der Waals surface area contributed by atoms with E-state index in [0.717, 1.165) is 6.26 Å². The van der Waals surface area contributed by atoms with Gasteiger partial charge >= 0.3 is 0 Å². The summed E-state index contributed by atoms with van der Waals surface area (Å²) in [5.41, 5.74) is 5.29. The molecule has 10 heteroatoms. The maximum atomic E-state index is 11.7. The third kappa shape index (κ3) is 4.74. The van der Waals surface area contributed by atoms with Crippen LogP contribution in [0.15, 0.2) is 21.6 Å². The van der Waals surface area contributed by atoms with Gasteiger partial charge < -0.3 is 10.2 Å². The Labute approximate surface area is 106 Å². The normalized spacial score (nSPS) is 12.8. The highest BCUT2D eigenvalue weighted by atomic mass is 32.2. The van der Waals surface area contributed by atoms with Gasteiger partial charge in [0.15, 0.2) is 0 Å². The Bertz CT molecular complexity index is 590. The minimum absolute atomic E-state index is 0.0392. The molecule has 1 rings (SSSR count). The van der Waals surface area contributed by atoms with Gasteiger partial charge in [-0.2, -0.15) is 0 Å². The highest BCUT2D eigenvalue weighted by molar-refractivity contribution is 7.89. The highest BCUT2D eigenvalue weighted by Gasteiger charge is 2.17. The Morgan fingerprint density at radius 3 is 2.28 bits per heavy atom. The number of hydrogen-bond donors (Lipinski definition) is 3. The maximum Gasteiger partial charge on any atom is 0.274 e. The molecule has 0 saturated heterocycles. The van der Waals surface area contributed by atoms with Crippen LogP contribution in [0.5, 0.6) is 0 Å². The van der Waals surface area contributed by atoms with E-state index in [1.165, 1.54) is 12.1 Å². The van der Waals surface area contributed by atoms with Gasteiger partial charge in [0.25, 0.3) is 10.0 Å². The van der Waals surface area contributed by atoms with Crippen LogP contribution in [-0.2, 0) is 26.6 Å². The zero-order valence-corrected chi connectivity index (χ0v) is 11.3. The van der Waals surface area contributed by atoms with E-state index in [4.69, 9.17) is 10.2 Å². The van der Waals surface area contributed by atoms with Crippen molar-refractivity contribution in [1.82, 2.24) is 9.44 Å². The van der Waals surface area contributed by atoms with Crippen LogP contribution in [0.1, 0.15) is 5.76 Å². The van der Waals surface area contributed by atoms with Crippen molar-refractivity contribution in [2.45, 2.75) is 11.6 Å². The summed E-state index contributed by atoms with van der Waals surface area (Å²) >= 11 is 0. The van der Waals surface area contributed by atoms with Gasteiger partial charge in [-0.15, -0.1) is 0 Å². The number of nitrogens with two attached hydrogens (primary N) is 1. The Morgan fingerprint density at radius 2 is 1.78 bits per heavy atom. The molecule has 0 saturated carbocycles. The van der Waals surface area contributed by atoms with Crippen molar-refractivity contribution < 1.29 is 21.3 Å². The second kappa shape index (κ2) is 5.80. The van der Waals surface area contributed by atoms with Gasteiger partial charge in [-0.25, -0.2) is 26.3 Å². The zero-order valence-electron chi connectivity index (χ0n) is 9.71. The number of hydrogen-bond acceptors (Lipinski definition) is 6. The predicted molar refractivity (Wildman–Crippen MR) is 64.6 cm³/mol. The second-order valence-corrected chi connectivity index (χ2v) is 7.02. The molecule has 0 aromatic carbocycles. The summed E-state index contributed by atoms with van der Waals surface area (Å²) in [5, 5.41) is -0.248. The highest BCUT2D eigenvalue weighted by Crippen LogP contribution is 2.12. The van der Waals surface area contributed by atoms with Crippen molar-refractivity contribution in [3.05, 3.63) is 17.9 Å². The summed E-state index contributed by atoms with van der Waals surface area (Å²) in [7, 11) is -7.11. The van der Waals surface area contributed by atoms with Gasteiger partial charge in [0.05, 0.1) is 12.8 Å². The van der Waals surface area contributed by atoms with Gasteiger partial charge in [0.1, 0.15) is 5.76 Å². The van der Waals surface area contributed by atoms with Crippen molar-refractivity contribution >= 4 is 20.0 Å². The van der Waals surface area contributed by atoms with Crippen LogP contribution in [0.3, 0.4) is 0 Å². The average molecular weight is 297 g/mol. The third-order valence-corrected chi connectivity index (χ3v) is 3.95. The van der Waals surface area contributed by atoms with Crippen molar-refractivity contribution in [2.24, 2.45) is 5.73 Å². The predicted octanol–water partition coefficient (Wildman–Crippen LogP) is -1.43. The molecule has 4 N–H and O–H groups in total. The van der Waals surface area contributed by atoms with Gasteiger partial charge in [-0.3, -0.25) is 0 Å². The molecular formula is C8H15N3O5S2. The van der Waals surface area contributed by atoms with Crippen LogP contribution in [-0.4, -0.2) is 36.2 Å². The maximum absolute atomic E-state index is 11.7. The molecule has 0 aliphatic carbocycles. The van der Waals surface area contributed by atoms with E-state index >= 15 is 0 Å². The molecule has 0 amide bonds. The number of nitrogens with one attached hydrogen (secondary N) is 2. The van der Waals surface area contributed by atoms with E-state index < -0.39 is 20.0 Å². The molecule has 1 heterocycles. The minimum atomic E-state index is -3.77. The van der Waals surface area contributed by atoms with E-state index in [1.807, 2.05) is 0 Å².